The molecule has 86 valence electrons. The molecule has 0 atom stereocenters. The molecular weight excluding hydrogens is 255 g/mol. The van der Waals surface area contributed by atoms with Gasteiger partial charge in [-0.25, -0.2) is 0 Å². The van der Waals surface area contributed by atoms with Crippen LogP contribution < -0.4 is 0 Å². The molecule has 17 heavy (non-hydrogen) atoms. The largest absolute Gasteiger partial charge is 0.298 e. The van der Waals surface area contributed by atoms with E-state index in [0.717, 1.165) is 23.8 Å². The summed E-state index contributed by atoms with van der Waals surface area (Å²) in [4.78, 5) is 10.7. The topological polar surface area (TPSA) is 17.1 Å². The van der Waals surface area contributed by atoms with Crippen LogP contribution in [0, 0.1) is 0 Å². The molecule has 0 amide bonds. The van der Waals surface area contributed by atoms with Crippen molar-refractivity contribution < 1.29 is 4.79 Å². The molecule has 0 N–H and O–H groups in total. The molecule has 0 aliphatic carbocycles. The van der Waals surface area contributed by atoms with Crippen molar-refractivity contribution in [2.24, 2.45) is 0 Å². The summed E-state index contributed by atoms with van der Waals surface area (Å²) in [6.45, 7) is 0. The number of halogens is 2. The van der Waals surface area contributed by atoms with Gasteiger partial charge in [-0.2, -0.15) is 0 Å². The van der Waals surface area contributed by atoms with Gasteiger partial charge >= 0.3 is 0 Å². The number of carbonyl (C=O) groups excluding carboxylic acids is 1. The van der Waals surface area contributed by atoms with Crippen LogP contribution in [-0.2, 0) is 6.42 Å². The van der Waals surface area contributed by atoms with Crippen molar-refractivity contribution in [2.75, 3.05) is 0 Å². The first-order chi connectivity index (χ1) is 8.19. The SMILES string of the molecule is O=Cc1cccc(Cc2ccc(Cl)c(Cl)c2)c1. The van der Waals surface area contributed by atoms with E-state index < -0.39 is 0 Å². The van der Waals surface area contributed by atoms with Crippen molar-refractivity contribution in [3.05, 3.63) is 69.2 Å². The standard InChI is InChI=1S/C14H10Cl2O/c15-13-5-4-11(8-14(13)16)6-10-2-1-3-12(7-10)9-17/h1-5,7-9H,6H2. The maximum absolute atomic E-state index is 10.7. The minimum absolute atomic E-state index is 0.552. The van der Waals surface area contributed by atoms with Gasteiger partial charge in [-0.15, -0.1) is 0 Å². The molecule has 2 rings (SSSR count). The number of benzene rings is 2. The van der Waals surface area contributed by atoms with E-state index in [9.17, 15) is 4.79 Å². The fourth-order valence-electron chi connectivity index (χ4n) is 1.66. The zero-order valence-corrected chi connectivity index (χ0v) is 10.5. The third kappa shape index (κ3) is 3.09. The van der Waals surface area contributed by atoms with Gasteiger partial charge in [0.05, 0.1) is 10.0 Å². The molecule has 0 saturated heterocycles. The number of aldehydes is 1. The van der Waals surface area contributed by atoms with E-state index in [2.05, 4.69) is 0 Å². The maximum Gasteiger partial charge on any atom is 0.150 e. The Kier molecular flexibility index (Phi) is 3.82. The van der Waals surface area contributed by atoms with Crippen LogP contribution in [0.2, 0.25) is 10.0 Å². The smallest absolute Gasteiger partial charge is 0.150 e. The van der Waals surface area contributed by atoms with E-state index in [1.807, 2.05) is 30.3 Å². The molecule has 0 fully saturated rings. The van der Waals surface area contributed by atoms with E-state index >= 15 is 0 Å². The predicted octanol–water partition coefficient (Wildman–Crippen LogP) is 4.40. The van der Waals surface area contributed by atoms with E-state index in [-0.39, 0.29) is 0 Å². The second kappa shape index (κ2) is 5.35. The summed E-state index contributed by atoms with van der Waals surface area (Å²) in [6, 6.07) is 13.1. The maximum atomic E-state index is 10.7. The summed E-state index contributed by atoms with van der Waals surface area (Å²) in [6.07, 6.45) is 1.58. The Morgan fingerprint density at radius 1 is 0.941 bits per heavy atom. The summed E-state index contributed by atoms with van der Waals surface area (Å²) in [5.41, 5.74) is 2.83. The molecule has 0 bridgehead atoms. The van der Waals surface area contributed by atoms with Crippen LogP contribution in [0.5, 0.6) is 0 Å². The van der Waals surface area contributed by atoms with Gasteiger partial charge in [0.2, 0.25) is 0 Å². The first-order valence-electron chi connectivity index (χ1n) is 5.17. The third-order valence-electron chi connectivity index (χ3n) is 2.48. The molecule has 0 unspecified atom stereocenters. The number of carbonyl (C=O) groups is 1. The molecule has 2 aromatic carbocycles. The highest BCUT2D eigenvalue weighted by molar-refractivity contribution is 6.42. The fourth-order valence-corrected chi connectivity index (χ4v) is 1.98. The van der Waals surface area contributed by atoms with E-state index in [1.165, 1.54) is 0 Å². The fraction of sp³-hybridized carbons (Fsp3) is 0.0714. The van der Waals surface area contributed by atoms with Crippen LogP contribution in [-0.4, -0.2) is 6.29 Å². The average Bonchev–Trinajstić information content (AvgIpc) is 2.34. The Balaban J connectivity index is 2.24. The van der Waals surface area contributed by atoms with Gasteiger partial charge < -0.3 is 0 Å². The molecule has 0 saturated carbocycles. The lowest BCUT2D eigenvalue weighted by Crippen LogP contribution is -1.90. The predicted molar refractivity (Wildman–Crippen MR) is 71.1 cm³/mol. The van der Waals surface area contributed by atoms with Gasteiger partial charge in [0.25, 0.3) is 0 Å². The van der Waals surface area contributed by atoms with Crippen LogP contribution >= 0.6 is 23.2 Å². The van der Waals surface area contributed by atoms with Crippen molar-refractivity contribution in [1.82, 2.24) is 0 Å². The minimum atomic E-state index is 0.552. The van der Waals surface area contributed by atoms with E-state index in [4.69, 9.17) is 23.2 Å². The Morgan fingerprint density at radius 2 is 1.71 bits per heavy atom. The molecule has 0 aromatic heterocycles. The Hall–Kier alpha value is -1.31. The van der Waals surface area contributed by atoms with E-state index in [1.54, 1.807) is 12.1 Å². The molecule has 0 spiro atoms. The molecule has 0 aliphatic rings. The van der Waals surface area contributed by atoms with Gasteiger partial charge in [-0.3, -0.25) is 4.79 Å². The van der Waals surface area contributed by atoms with Crippen LogP contribution in [0.25, 0.3) is 0 Å². The molecule has 3 heteroatoms. The molecular formula is C14H10Cl2O. The minimum Gasteiger partial charge on any atom is -0.298 e. The third-order valence-corrected chi connectivity index (χ3v) is 3.22. The summed E-state index contributed by atoms with van der Waals surface area (Å²) in [5.74, 6) is 0. The Bertz CT molecular complexity index is 550. The van der Waals surface area contributed by atoms with Crippen LogP contribution in [0.4, 0.5) is 0 Å². The highest BCUT2D eigenvalue weighted by Gasteiger charge is 2.01. The lowest BCUT2D eigenvalue weighted by atomic mass is 10.0. The number of rotatable bonds is 3. The Morgan fingerprint density at radius 3 is 2.41 bits per heavy atom. The van der Waals surface area contributed by atoms with Crippen molar-refractivity contribution >= 4 is 29.5 Å². The quantitative estimate of drug-likeness (QED) is 0.752. The summed E-state index contributed by atoms with van der Waals surface area (Å²) in [5, 5.41) is 1.10. The summed E-state index contributed by atoms with van der Waals surface area (Å²) >= 11 is 11.8. The lowest BCUT2D eigenvalue weighted by Gasteiger charge is -2.04. The van der Waals surface area contributed by atoms with Gasteiger partial charge in [0.15, 0.2) is 0 Å². The second-order valence-corrected chi connectivity index (χ2v) is 4.60. The molecule has 2 aromatic rings. The highest BCUT2D eigenvalue weighted by Crippen LogP contribution is 2.23. The van der Waals surface area contributed by atoms with Crippen LogP contribution in [0.15, 0.2) is 42.5 Å². The zero-order valence-electron chi connectivity index (χ0n) is 8.99. The van der Waals surface area contributed by atoms with Gasteiger partial charge in [-0.1, -0.05) is 47.5 Å². The summed E-state index contributed by atoms with van der Waals surface area (Å²) < 4.78 is 0. The van der Waals surface area contributed by atoms with Crippen molar-refractivity contribution in [3.8, 4) is 0 Å². The first kappa shape index (κ1) is 12.2. The lowest BCUT2D eigenvalue weighted by molar-refractivity contribution is 0.112. The molecule has 1 nitrogen and oxygen atoms in total. The monoisotopic (exact) mass is 264 g/mol. The van der Waals surface area contributed by atoms with Gasteiger partial charge in [0, 0.05) is 5.56 Å². The van der Waals surface area contributed by atoms with Gasteiger partial charge in [-0.05, 0) is 35.7 Å². The normalized spacial score (nSPS) is 10.2. The van der Waals surface area contributed by atoms with Crippen LogP contribution in [0.3, 0.4) is 0 Å². The van der Waals surface area contributed by atoms with E-state index in [0.29, 0.717) is 15.6 Å². The number of hydrogen-bond donors (Lipinski definition) is 0. The van der Waals surface area contributed by atoms with Gasteiger partial charge in [0.1, 0.15) is 6.29 Å². The Labute approximate surface area is 110 Å². The average molecular weight is 265 g/mol. The van der Waals surface area contributed by atoms with Crippen molar-refractivity contribution in [3.63, 3.8) is 0 Å². The molecule has 0 radical (unpaired) electrons. The first-order valence-corrected chi connectivity index (χ1v) is 5.92. The summed E-state index contributed by atoms with van der Waals surface area (Å²) in [7, 11) is 0. The molecule has 0 heterocycles. The highest BCUT2D eigenvalue weighted by atomic mass is 35.5. The van der Waals surface area contributed by atoms with Crippen molar-refractivity contribution in [1.29, 1.82) is 0 Å². The zero-order chi connectivity index (χ0) is 12.3. The second-order valence-electron chi connectivity index (χ2n) is 3.79. The van der Waals surface area contributed by atoms with Crippen molar-refractivity contribution in [2.45, 2.75) is 6.42 Å². The number of hydrogen-bond acceptors (Lipinski definition) is 1. The molecule has 0 aliphatic heterocycles. The van der Waals surface area contributed by atoms with Crippen LogP contribution in [0.1, 0.15) is 21.5 Å².